The van der Waals surface area contributed by atoms with Crippen molar-refractivity contribution in [1.82, 2.24) is 10.6 Å². The molecule has 0 aromatic heterocycles. The van der Waals surface area contributed by atoms with Crippen molar-refractivity contribution in [1.29, 1.82) is 0 Å². The molecule has 1 aliphatic heterocycles. The average Bonchev–Trinajstić information content (AvgIpc) is 2.36. The Hall–Kier alpha value is -0.120. The quantitative estimate of drug-likeness (QED) is 0.490. The second kappa shape index (κ2) is 3.32. The Balaban J connectivity index is 2.32. The minimum atomic E-state index is -0.211. The van der Waals surface area contributed by atoms with Gasteiger partial charge in [0.25, 0.3) is 0 Å². The van der Waals surface area contributed by atoms with Crippen LogP contribution in [0.25, 0.3) is 0 Å². The molecule has 0 spiro atoms. The normalized spacial score (nSPS) is 32.1. The first kappa shape index (κ1) is 7.98. The van der Waals surface area contributed by atoms with Crippen molar-refractivity contribution in [2.75, 3.05) is 13.2 Å². The lowest BCUT2D eigenvalue weighted by atomic mass is 9.98. The molecule has 0 bridgehead atoms. The summed E-state index contributed by atoms with van der Waals surface area (Å²) in [6.45, 7) is 5.76. The first-order chi connectivity index (χ1) is 4.72. The van der Waals surface area contributed by atoms with Gasteiger partial charge in [0.15, 0.2) is 0 Å². The third-order valence-corrected chi connectivity index (χ3v) is 2.25. The van der Waals surface area contributed by atoms with Crippen LogP contribution in [-0.4, -0.2) is 30.5 Å². The summed E-state index contributed by atoms with van der Waals surface area (Å²) in [4.78, 5) is 0. The van der Waals surface area contributed by atoms with Crippen molar-refractivity contribution < 1.29 is 5.11 Å². The monoisotopic (exact) mass is 144 g/mol. The molecule has 1 aliphatic rings. The molecule has 3 heteroatoms. The molecule has 0 radical (unpaired) electrons. The molecular weight excluding hydrogens is 128 g/mol. The largest absolute Gasteiger partial charge is 0.393 e. The Kier molecular flexibility index (Phi) is 2.65. The van der Waals surface area contributed by atoms with E-state index in [9.17, 15) is 5.11 Å². The van der Waals surface area contributed by atoms with Gasteiger partial charge in [-0.25, -0.2) is 0 Å². The second-order valence-electron chi connectivity index (χ2n) is 3.04. The summed E-state index contributed by atoms with van der Waals surface area (Å²) < 4.78 is 0. The number of nitrogens with one attached hydrogen (secondary N) is 2. The Labute approximate surface area is 61.8 Å². The summed E-state index contributed by atoms with van der Waals surface area (Å²) >= 11 is 0. The first-order valence-electron chi connectivity index (χ1n) is 3.84. The van der Waals surface area contributed by atoms with Crippen LogP contribution in [0.15, 0.2) is 0 Å². The first-order valence-corrected chi connectivity index (χ1v) is 3.84. The smallest absolute Gasteiger partial charge is 0.0552 e. The molecule has 0 aromatic carbocycles. The molecule has 1 rings (SSSR count). The fourth-order valence-electron chi connectivity index (χ4n) is 1.21. The third-order valence-electron chi connectivity index (χ3n) is 2.25. The number of aliphatic hydroxyl groups excluding tert-OH is 1. The minimum Gasteiger partial charge on any atom is -0.393 e. The van der Waals surface area contributed by atoms with Crippen molar-refractivity contribution >= 4 is 0 Å². The van der Waals surface area contributed by atoms with Gasteiger partial charge in [0.1, 0.15) is 0 Å². The van der Waals surface area contributed by atoms with Crippen molar-refractivity contribution in [2.24, 2.45) is 5.92 Å². The average molecular weight is 144 g/mol. The van der Waals surface area contributed by atoms with Gasteiger partial charge in [-0.1, -0.05) is 6.92 Å². The predicted octanol–water partition coefficient (Wildman–Crippen LogP) is -0.478. The van der Waals surface area contributed by atoms with Gasteiger partial charge in [-0.15, -0.1) is 0 Å². The van der Waals surface area contributed by atoms with Gasteiger partial charge >= 0.3 is 0 Å². The topological polar surface area (TPSA) is 44.3 Å². The number of hydrogen-bond donors (Lipinski definition) is 3. The van der Waals surface area contributed by atoms with Crippen LogP contribution in [0, 0.1) is 5.92 Å². The van der Waals surface area contributed by atoms with Gasteiger partial charge in [-0.05, 0) is 12.8 Å². The summed E-state index contributed by atoms with van der Waals surface area (Å²) in [6, 6.07) is 0.444. The summed E-state index contributed by atoms with van der Waals surface area (Å²) in [7, 11) is 0. The molecular formula is C7H16N2O. The molecule has 60 valence electrons. The second-order valence-corrected chi connectivity index (χ2v) is 3.04. The van der Waals surface area contributed by atoms with Crippen molar-refractivity contribution in [3.05, 3.63) is 0 Å². The maximum atomic E-state index is 9.21. The fraction of sp³-hybridized carbons (Fsp3) is 1.00. The molecule has 1 saturated heterocycles. The van der Waals surface area contributed by atoms with Gasteiger partial charge in [-0.3, -0.25) is 0 Å². The summed E-state index contributed by atoms with van der Waals surface area (Å²) in [6.07, 6.45) is -0.211. The zero-order valence-corrected chi connectivity index (χ0v) is 6.59. The van der Waals surface area contributed by atoms with Crippen LogP contribution in [-0.2, 0) is 0 Å². The molecule has 0 amide bonds. The zero-order valence-electron chi connectivity index (χ0n) is 6.59. The summed E-state index contributed by atoms with van der Waals surface area (Å²) in [5.74, 6) is 0.343. The van der Waals surface area contributed by atoms with E-state index in [1.807, 2.05) is 6.92 Å². The van der Waals surface area contributed by atoms with Crippen LogP contribution in [0.5, 0.6) is 0 Å². The SMILES string of the molecule is CC(O)C(C)C1CNCN1. The van der Waals surface area contributed by atoms with E-state index in [0.29, 0.717) is 12.0 Å². The minimum absolute atomic E-state index is 0.211. The van der Waals surface area contributed by atoms with E-state index in [1.54, 1.807) is 0 Å². The fourth-order valence-corrected chi connectivity index (χ4v) is 1.21. The van der Waals surface area contributed by atoms with Gasteiger partial charge in [0.05, 0.1) is 6.10 Å². The van der Waals surface area contributed by atoms with Gasteiger partial charge in [-0.2, -0.15) is 0 Å². The third kappa shape index (κ3) is 1.68. The van der Waals surface area contributed by atoms with Crippen LogP contribution < -0.4 is 10.6 Å². The molecule has 3 unspecified atom stereocenters. The van der Waals surface area contributed by atoms with E-state index >= 15 is 0 Å². The molecule has 1 heterocycles. The van der Waals surface area contributed by atoms with Crippen LogP contribution in [0.3, 0.4) is 0 Å². The van der Waals surface area contributed by atoms with E-state index < -0.39 is 0 Å². The van der Waals surface area contributed by atoms with Crippen molar-refractivity contribution in [2.45, 2.75) is 26.0 Å². The van der Waals surface area contributed by atoms with E-state index in [-0.39, 0.29) is 6.10 Å². The maximum Gasteiger partial charge on any atom is 0.0552 e. The van der Waals surface area contributed by atoms with Gasteiger partial charge < -0.3 is 15.7 Å². The number of hydrogen-bond acceptors (Lipinski definition) is 3. The van der Waals surface area contributed by atoms with Gasteiger partial charge in [0, 0.05) is 19.3 Å². The highest BCUT2D eigenvalue weighted by Crippen LogP contribution is 2.09. The molecule has 0 aromatic rings. The van der Waals surface area contributed by atoms with Crippen molar-refractivity contribution in [3.8, 4) is 0 Å². The summed E-state index contributed by atoms with van der Waals surface area (Å²) in [5, 5.41) is 15.7. The molecule has 3 N–H and O–H groups in total. The van der Waals surface area contributed by atoms with Gasteiger partial charge in [0.2, 0.25) is 0 Å². The Bertz CT molecular complexity index is 99.8. The molecule has 3 nitrogen and oxygen atoms in total. The van der Waals surface area contributed by atoms with E-state index in [4.69, 9.17) is 0 Å². The van der Waals surface area contributed by atoms with E-state index in [2.05, 4.69) is 17.6 Å². The lowest BCUT2D eigenvalue weighted by Crippen LogP contribution is -2.36. The molecule has 1 fully saturated rings. The lowest BCUT2D eigenvalue weighted by molar-refractivity contribution is 0.118. The highest BCUT2D eigenvalue weighted by molar-refractivity contribution is 4.82. The van der Waals surface area contributed by atoms with E-state index in [0.717, 1.165) is 13.2 Å². The lowest BCUT2D eigenvalue weighted by Gasteiger charge is -2.20. The molecule has 0 aliphatic carbocycles. The van der Waals surface area contributed by atoms with Crippen LogP contribution in [0.1, 0.15) is 13.8 Å². The van der Waals surface area contributed by atoms with E-state index in [1.165, 1.54) is 0 Å². The standard InChI is InChI=1S/C7H16N2O/c1-5(6(2)10)7-3-8-4-9-7/h5-10H,3-4H2,1-2H3. The summed E-state index contributed by atoms with van der Waals surface area (Å²) in [5.41, 5.74) is 0. The highest BCUT2D eigenvalue weighted by Gasteiger charge is 2.23. The predicted molar refractivity (Wildman–Crippen MR) is 40.6 cm³/mol. The van der Waals surface area contributed by atoms with Crippen LogP contribution in [0.2, 0.25) is 0 Å². The Morgan fingerprint density at radius 1 is 1.50 bits per heavy atom. The van der Waals surface area contributed by atoms with Crippen LogP contribution in [0.4, 0.5) is 0 Å². The molecule has 10 heavy (non-hydrogen) atoms. The number of rotatable bonds is 2. The maximum absolute atomic E-state index is 9.21. The molecule has 3 atom stereocenters. The Morgan fingerprint density at radius 3 is 2.60 bits per heavy atom. The van der Waals surface area contributed by atoms with Crippen molar-refractivity contribution in [3.63, 3.8) is 0 Å². The highest BCUT2D eigenvalue weighted by atomic mass is 16.3. The number of aliphatic hydroxyl groups is 1. The zero-order chi connectivity index (χ0) is 7.56. The Morgan fingerprint density at radius 2 is 2.20 bits per heavy atom. The van der Waals surface area contributed by atoms with Crippen LogP contribution >= 0.6 is 0 Å². The molecule has 0 saturated carbocycles.